The third-order valence-electron chi connectivity index (χ3n) is 6.36. The van der Waals surface area contributed by atoms with E-state index in [4.69, 9.17) is 10.0 Å². The van der Waals surface area contributed by atoms with Gasteiger partial charge in [0.15, 0.2) is 5.75 Å². The van der Waals surface area contributed by atoms with Gasteiger partial charge < -0.3 is 24.5 Å². The molecule has 0 amide bonds. The van der Waals surface area contributed by atoms with Crippen molar-refractivity contribution in [1.82, 2.24) is 9.80 Å². The Morgan fingerprint density at radius 2 is 0.683 bits per heavy atom. The van der Waals surface area contributed by atoms with Crippen LogP contribution >= 0.6 is 0 Å². The number of hydrogen-bond acceptors (Lipinski definition) is 5. The average molecular weight is 599 g/mol. The molecule has 0 unspecified atom stereocenters. The number of nitrogens with zero attached hydrogens (tertiary/aromatic N) is 2. The Bertz CT molecular complexity index is 672. The van der Waals surface area contributed by atoms with Crippen LogP contribution < -0.4 is 4.65 Å². The minimum absolute atomic E-state index is 1.32. The lowest BCUT2D eigenvalue weighted by atomic mass is 10.2. The zero-order chi connectivity index (χ0) is 31.6. The normalized spacial score (nSPS) is 10.8. The van der Waals surface area contributed by atoms with Crippen LogP contribution in [0.5, 0.6) is 5.75 Å². The van der Waals surface area contributed by atoms with Crippen LogP contribution in [0.1, 0.15) is 119 Å². The first-order chi connectivity index (χ1) is 19.6. The van der Waals surface area contributed by atoms with Crippen LogP contribution in [0.4, 0.5) is 22.0 Å². The van der Waals surface area contributed by atoms with Crippen molar-refractivity contribution < 1.29 is 36.7 Å². The highest BCUT2D eigenvalue weighted by Crippen LogP contribution is 2.29. The number of unbranched alkanes of at least 4 members (excludes halogenated alkanes) is 6. The molecule has 11 heteroatoms. The second-order valence-corrected chi connectivity index (χ2v) is 10.1. The fourth-order valence-electron chi connectivity index (χ4n) is 3.75. The summed E-state index contributed by atoms with van der Waals surface area (Å²) in [6.07, 6.45) is 16.2. The van der Waals surface area contributed by atoms with Gasteiger partial charge in [-0.3, -0.25) is 0 Å². The standard InChI is InChI=1S/2C12H27N.C6H2BF5O3/c2*1-4-7-10-13(11-8-5-2)12-9-6-3;8-1-2(9)4(11)6(15-7(13)14)5(12)3(1)10/h2*4-12H2,1-3H3;13-14H. The third-order valence-corrected chi connectivity index (χ3v) is 6.36. The van der Waals surface area contributed by atoms with E-state index in [0.29, 0.717) is 0 Å². The van der Waals surface area contributed by atoms with Gasteiger partial charge in [-0.05, 0) is 77.8 Å². The summed E-state index contributed by atoms with van der Waals surface area (Å²) in [6.45, 7) is 21.5. The first-order valence-electron chi connectivity index (χ1n) is 15.5. The molecule has 0 aliphatic carbocycles. The Morgan fingerprint density at radius 1 is 0.463 bits per heavy atom. The van der Waals surface area contributed by atoms with Gasteiger partial charge in [-0.25, -0.2) is 13.2 Å². The van der Waals surface area contributed by atoms with Gasteiger partial charge in [0, 0.05) is 0 Å². The van der Waals surface area contributed by atoms with Gasteiger partial charge in [0.05, 0.1) is 0 Å². The summed E-state index contributed by atoms with van der Waals surface area (Å²) >= 11 is 0. The van der Waals surface area contributed by atoms with E-state index in [2.05, 4.69) is 56.0 Å². The molecule has 0 aromatic heterocycles. The summed E-state index contributed by atoms with van der Waals surface area (Å²) in [6, 6.07) is 0. The molecule has 0 fully saturated rings. The molecule has 0 atom stereocenters. The van der Waals surface area contributed by atoms with Crippen LogP contribution in [0.15, 0.2) is 0 Å². The van der Waals surface area contributed by atoms with E-state index in [1.54, 1.807) is 0 Å². The molecule has 1 aromatic carbocycles. The smallest absolute Gasteiger partial charge is 0.507 e. The monoisotopic (exact) mass is 598 g/mol. The van der Waals surface area contributed by atoms with E-state index in [-0.39, 0.29) is 0 Å². The molecule has 0 saturated heterocycles. The van der Waals surface area contributed by atoms with Crippen LogP contribution in [0.2, 0.25) is 0 Å². The Morgan fingerprint density at radius 3 is 0.878 bits per heavy atom. The summed E-state index contributed by atoms with van der Waals surface area (Å²) in [4.78, 5) is 5.27. The highest BCUT2D eigenvalue weighted by Gasteiger charge is 2.29. The highest BCUT2D eigenvalue weighted by atomic mass is 19.2. The van der Waals surface area contributed by atoms with Crippen molar-refractivity contribution in [2.24, 2.45) is 0 Å². The van der Waals surface area contributed by atoms with Crippen molar-refractivity contribution in [3.63, 3.8) is 0 Å². The molecule has 0 spiro atoms. The number of halogens is 5. The lowest BCUT2D eigenvalue weighted by Gasteiger charge is -2.21. The van der Waals surface area contributed by atoms with Crippen LogP contribution in [0.3, 0.4) is 0 Å². The van der Waals surface area contributed by atoms with Gasteiger partial charge in [0.1, 0.15) is 0 Å². The van der Waals surface area contributed by atoms with E-state index >= 15 is 0 Å². The largest absolute Gasteiger partial charge is 0.707 e. The molecule has 0 heterocycles. The van der Waals surface area contributed by atoms with E-state index in [0.717, 1.165) is 0 Å². The molecule has 41 heavy (non-hydrogen) atoms. The lowest BCUT2D eigenvalue weighted by Crippen LogP contribution is -2.27. The van der Waals surface area contributed by atoms with Crippen molar-refractivity contribution in [2.75, 3.05) is 39.3 Å². The maximum Gasteiger partial charge on any atom is 0.707 e. The van der Waals surface area contributed by atoms with Crippen molar-refractivity contribution in [1.29, 1.82) is 0 Å². The predicted octanol–water partition coefficient (Wildman–Crippen LogP) is 8.11. The molecule has 0 aliphatic heterocycles. The highest BCUT2D eigenvalue weighted by molar-refractivity contribution is 6.33. The van der Waals surface area contributed by atoms with Gasteiger partial charge >= 0.3 is 7.32 Å². The maximum absolute atomic E-state index is 12.7. The number of hydrogen-bond donors (Lipinski definition) is 2. The Kier molecular flexibility index (Phi) is 27.9. The molecular formula is C30H56BF5N2O3. The van der Waals surface area contributed by atoms with Gasteiger partial charge in [0.25, 0.3) is 0 Å². The molecule has 0 aliphatic rings. The second-order valence-electron chi connectivity index (χ2n) is 10.1. The van der Waals surface area contributed by atoms with Crippen molar-refractivity contribution in [3.8, 4) is 5.75 Å². The molecule has 0 bridgehead atoms. The minimum atomic E-state index is -2.70. The number of benzene rings is 1. The summed E-state index contributed by atoms with van der Waals surface area (Å²) in [7, 11) is -2.70. The fourth-order valence-corrected chi connectivity index (χ4v) is 3.75. The predicted molar refractivity (Wildman–Crippen MR) is 159 cm³/mol. The summed E-state index contributed by atoms with van der Waals surface area (Å²) in [5.41, 5.74) is 0. The molecule has 0 saturated carbocycles. The second kappa shape index (κ2) is 27.4. The number of rotatable bonds is 20. The third kappa shape index (κ3) is 20.2. The molecule has 1 aromatic rings. The van der Waals surface area contributed by atoms with Gasteiger partial charge in [-0.1, -0.05) is 80.1 Å². The summed E-state index contributed by atoms with van der Waals surface area (Å²) < 4.78 is 66.3. The van der Waals surface area contributed by atoms with Crippen molar-refractivity contribution in [2.45, 2.75) is 119 Å². The molecule has 0 radical (unpaired) electrons. The Hall–Kier alpha value is -1.43. The van der Waals surface area contributed by atoms with E-state index in [1.165, 1.54) is 116 Å². The maximum atomic E-state index is 12.7. The lowest BCUT2D eigenvalue weighted by molar-refractivity contribution is 0.261. The molecular weight excluding hydrogens is 542 g/mol. The van der Waals surface area contributed by atoms with E-state index < -0.39 is 42.2 Å². The van der Waals surface area contributed by atoms with E-state index in [9.17, 15) is 22.0 Å². The quantitative estimate of drug-likeness (QED) is 0.0688. The first-order valence-corrected chi connectivity index (χ1v) is 15.5. The van der Waals surface area contributed by atoms with Crippen molar-refractivity contribution >= 4 is 7.32 Å². The SMILES string of the molecule is CCCCN(CCCC)CCCC.CCCCN(CCCC)CCCC.OB(O)Oc1c(F)c(F)c(F)c(F)c1F. The van der Waals surface area contributed by atoms with E-state index in [1.807, 2.05) is 0 Å². The van der Waals surface area contributed by atoms with Crippen LogP contribution in [0, 0.1) is 29.1 Å². The topological polar surface area (TPSA) is 56.2 Å². The molecule has 2 N–H and O–H groups in total. The molecule has 1 rings (SSSR count). The molecule has 242 valence electrons. The van der Waals surface area contributed by atoms with Gasteiger partial charge in [-0.2, -0.15) is 8.78 Å². The Labute approximate surface area is 246 Å². The molecule has 5 nitrogen and oxygen atoms in total. The Balaban J connectivity index is 0. The van der Waals surface area contributed by atoms with Gasteiger partial charge in [0.2, 0.25) is 29.1 Å². The van der Waals surface area contributed by atoms with Crippen LogP contribution in [-0.2, 0) is 0 Å². The average Bonchev–Trinajstić information content (AvgIpc) is 2.97. The summed E-state index contributed by atoms with van der Waals surface area (Å²) in [5, 5.41) is 16.3. The zero-order valence-electron chi connectivity index (χ0n) is 26.4. The van der Waals surface area contributed by atoms with Crippen LogP contribution in [-0.4, -0.2) is 66.4 Å². The summed E-state index contributed by atoms with van der Waals surface area (Å²) in [5.74, 6) is -13.1. The minimum Gasteiger partial charge on any atom is -0.507 e. The zero-order valence-corrected chi connectivity index (χ0v) is 26.4. The van der Waals surface area contributed by atoms with Gasteiger partial charge in [-0.15, -0.1) is 0 Å². The fraction of sp³-hybridized carbons (Fsp3) is 0.800. The van der Waals surface area contributed by atoms with Crippen molar-refractivity contribution in [3.05, 3.63) is 29.1 Å². The van der Waals surface area contributed by atoms with Crippen LogP contribution in [0.25, 0.3) is 0 Å². The first kappa shape index (κ1) is 41.7.